The Bertz CT molecular complexity index is 187. The Kier molecular flexibility index (Phi) is 10.0. The Balaban J connectivity index is 1.82. The third kappa shape index (κ3) is 8.35. The molecule has 1 saturated heterocycles. The second-order valence-electron chi connectivity index (χ2n) is 5.18. The third-order valence-corrected chi connectivity index (χ3v) is 4.52. The van der Waals surface area contributed by atoms with E-state index in [2.05, 4.69) is 12.2 Å². The standard InChI is InChI=1S/C14H29NO2S/c1-2-3-4-5-7-17-11-14(16)10-15-9-13-6-8-18-12-13/h13-16H,2-12H2,1H3. The van der Waals surface area contributed by atoms with Gasteiger partial charge < -0.3 is 15.2 Å². The highest BCUT2D eigenvalue weighted by Crippen LogP contribution is 2.22. The molecule has 4 heteroatoms. The second kappa shape index (κ2) is 11.1. The molecule has 1 aliphatic rings. The largest absolute Gasteiger partial charge is 0.389 e. The van der Waals surface area contributed by atoms with Crippen LogP contribution in [0.5, 0.6) is 0 Å². The molecule has 0 spiro atoms. The van der Waals surface area contributed by atoms with Gasteiger partial charge in [-0.1, -0.05) is 26.2 Å². The number of hydrogen-bond donors (Lipinski definition) is 2. The van der Waals surface area contributed by atoms with Crippen molar-refractivity contribution in [3.05, 3.63) is 0 Å². The molecule has 2 atom stereocenters. The van der Waals surface area contributed by atoms with Gasteiger partial charge in [0.05, 0.1) is 12.7 Å². The molecule has 1 heterocycles. The van der Waals surface area contributed by atoms with Crippen molar-refractivity contribution in [3.8, 4) is 0 Å². The molecule has 0 aromatic heterocycles. The maximum absolute atomic E-state index is 9.73. The van der Waals surface area contributed by atoms with Gasteiger partial charge in [-0.2, -0.15) is 11.8 Å². The van der Waals surface area contributed by atoms with Gasteiger partial charge in [-0.25, -0.2) is 0 Å². The lowest BCUT2D eigenvalue weighted by molar-refractivity contribution is 0.0352. The van der Waals surface area contributed by atoms with Crippen molar-refractivity contribution in [2.24, 2.45) is 5.92 Å². The highest BCUT2D eigenvalue weighted by Gasteiger charge is 2.15. The van der Waals surface area contributed by atoms with Crippen molar-refractivity contribution in [1.82, 2.24) is 5.32 Å². The van der Waals surface area contributed by atoms with E-state index in [4.69, 9.17) is 4.74 Å². The quantitative estimate of drug-likeness (QED) is 0.568. The summed E-state index contributed by atoms with van der Waals surface area (Å²) in [5.74, 6) is 3.38. The summed E-state index contributed by atoms with van der Waals surface area (Å²) in [6.07, 6.45) is 5.86. The molecule has 18 heavy (non-hydrogen) atoms. The van der Waals surface area contributed by atoms with Gasteiger partial charge in [0.2, 0.25) is 0 Å². The fourth-order valence-corrected chi connectivity index (χ4v) is 3.39. The van der Waals surface area contributed by atoms with Crippen LogP contribution in [0.2, 0.25) is 0 Å². The molecule has 0 aliphatic carbocycles. The monoisotopic (exact) mass is 275 g/mol. The van der Waals surface area contributed by atoms with E-state index < -0.39 is 0 Å². The Morgan fingerprint density at radius 1 is 1.39 bits per heavy atom. The maximum Gasteiger partial charge on any atom is 0.0897 e. The van der Waals surface area contributed by atoms with Gasteiger partial charge in [-0.15, -0.1) is 0 Å². The van der Waals surface area contributed by atoms with Crippen LogP contribution in [0.15, 0.2) is 0 Å². The topological polar surface area (TPSA) is 41.5 Å². The zero-order valence-electron chi connectivity index (χ0n) is 11.7. The molecule has 0 bridgehead atoms. The van der Waals surface area contributed by atoms with E-state index in [9.17, 15) is 5.11 Å². The normalized spacial score (nSPS) is 21.3. The molecular weight excluding hydrogens is 246 g/mol. The molecule has 1 aliphatic heterocycles. The summed E-state index contributed by atoms with van der Waals surface area (Å²) in [4.78, 5) is 0. The molecule has 0 aromatic rings. The molecule has 3 nitrogen and oxygen atoms in total. The number of thioether (sulfide) groups is 1. The van der Waals surface area contributed by atoms with Crippen LogP contribution in [0.4, 0.5) is 0 Å². The van der Waals surface area contributed by atoms with Crippen molar-refractivity contribution in [2.75, 3.05) is 37.8 Å². The predicted octanol–water partition coefficient (Wildman–Crippen LogP) is 2.29. The molecule has 2 N–H and O–H groups in total. The van der Waals surface area contributed by atoms with Crippen molar-refractivity contribution in [1.29, 1.82) is 0 Å². The minimum atomic E-state index is -0.356. The van der Waals surface area contributed by atoms with Gasteiger partial charge in [0.25, 0.3) is 0 Å². The van der Waals surface area contributed by atoms with Gasteiger partial charge >= 0.3 is 0 Å². The zero-order valence-corrected chi connectivity index (χ0v) is 12.5. The lowest BCUT2D eigenvalue weighted by atomic mass is 10.1. The predicted molar refractivity (Wildman–Crippen MR) is 79.3 cm³/mol. The fraction of sp³-hybridized carbons (Fsp3) is 1.00. The smallest absolute Gasteiger partial charge is 0.0897 e. The number of rotatable bonds is 11. The Labute approximate surface area is 116 Å². The van der Waals surface area contributed by atoms with Gasteiger partial charge in [-0.3, -0.25) is 0 Å². The molecule has 108 valence electrons. The van der Waals surface area contributed by atoms with E-state index in [1.807, 2.05) is 11.8 Å². The first-order chi connectivity index (χ1) is 8.83. The highest BCUT2D eigenvalue weighted by molar-refractivity contribution is 7.99. The van der Waals surface area contributed by atoms with Crippen LogP contribution in [0, 0.1) is 5.92 Å². The van der Waals surface area contributed by atoms with Gasteiger partial charge in [-0.05, 0) is 36.8 Å². The average Bonchev–Trinajstić information content (AvgIpc) is 2.87. The van der Waals surface area contributed by atoms with E-state index in [1.165, 1.54) is 37.2 Å². The lowest BCUT2D eigenvalue weighted by Gasteiger charge is -2.14. The van der Waals surface area contributed by atoms with E-state index in [0.717, 1.165) is 25.5 Å². The maximum atomic E-state index is 9.73. The van der Waals surface area contributed by atoms with Crippen molar-refractivity contribution >= 4 is 11.8 Å². The van der Waals surface area contributed by atoms with Crippen LogP contribution in [-0.4, -0.2) is 49.0 Å². The summed E-state index contributed by atoms with van der Waals surface area (Å²) in [7, 11) is 0. The van der Waals surface area contributed by atoms with Crippen LogP contribution in [0.25, 0.3) is 0 Å². The third-order valence-electron chi connectivity index (χ3n) is 3.29. The molecule has 1 rings (SSSR count). The molecular formula is C14H29NO2S. The van der Waals surface area contributed by atoms with E-state index in [1.54, 1.807) is 0 Å². The lowest BCUT2D eigenvalue weighted by Crippen LogP contribution is -2.33. The van der Waals surface area contributed by atoms with E-state index in [0.29, 0.717) is 13.2 Å². The van der Waals surface area contributed by atoms with E-state index >= 15 is 0 Å². The van der Waals surface area contributed by atoms with Crippen molar-refractivity contribution in [3.63, 3.8) is 0 Å². The number of nitrogens with one attached hydrogen (secondary N) is 1. The summed E-state index contributed by atoms with van der Waals surface area (Å²) in [5.41, 5.74) is 0. The molecule has 2 unspecified atom stereocenters. The fourth-order valence-electron chi connectivity index (χ4n) is 2.11. The zero-order chi connectivity index (χ0) is 13.1. The van der Waals surface area contributed by atoms with Crippen molar-refractivity contribution < 1.29 is 9.84 Å². The molecule has 0 saturated carbocycles. The average molecular weight is 275 g/mol. The van der Waals surface area contributed by atoms with E-state index in [-0.39, 0.29) is 6.10 Å². The minimum absolute atomic E-state index is 0.356. The molecule has 0 aromatic carbocycles. The van der Waals surface area contributed by atoms with Gasteiger partial charge in [0, 0.05) is 13.2 Å². The summed E-state index contributed by atoms with van der Waals surface area (Å²) in [6, 6.07) is 0. The summed E-state index contributed by atoms with van der Waals surface area (Å²) >= 11 is 2.04. The molecule has 0 radical (unpaired) electrons. The number of aliphatic hydroxyl groups is 1. The number of unbranched alkanes of at least 4 members (excludes halogenated alkanes) is 3. The first-order valence-corrected chi connectivity index (χ1v) is 8.52. The number of ether oxygens (including phenoxy) is 1. The highest BCUT2D eigenvalue weighted by atomic mass is 32.2. The SMILES string of the molecule is CCCCCCOCC(O)CNCC1CCSC1. The van der Waals surface area contributed by atoms with Crippen LogP contribution in [0.3, 0.4) is 0 Å². The first kappa shape index (κ1) is 16.3. The van der Waals surface area contributed by atoms with Crippen LogP contribution in [0.1, 0.15) is 39.0 Å². The molecule has 1 fully saturated rings. The van der Waals surface area contributed by atoms with Crippen molar-refractivity contribution in [2.45, 2.75) is 45.1 Å². The Morgan fingerprint density at radius 2 is 2.28 bits per heavy atom. The summed E-state index contributed by atoms with van der Waals surface area (Å²) in [6.45, 7) is 5.17. The van der Waals surface area contributed by atoms with Gasteiger partial charge in [0.1, 0.15) is 0 Å². The van der Waals surface area contributed by atoms with Gasteiger partial charge in [0.15, 0.2) is 0 Å². The Morgan fingerprint density at radius 3 is 3.00 bits per heavy atom. The Hall–Kier alpha value is 0.230. The molecule has 0 amide bonds. The minimum Gasteiger partial charge on any atom is -0.389 e. The van der Waals surface area contributed by atoms with Crippen LogP contribution < -0.4 is 5.32 Å². The first-order valence-electron chi connectivity index (χ1n) is 7.37. The summed E-state index contributed by atoms with van der Waals surface area (Å²) in [5, 5.41) is 13.1. The summed E-state index contributed by atoms with van der Waals surface area (Å²) < 4.78 is 5.47. The van der Waals surface area contributed by atoms with Crippen LogP contribution >= 0.6 is 11.8 Å². The number of hydrogen-bond acceptors (Lipinski definition) is 4. The van der Waals surface area contributed by atoms with Crippen LogP contribution in [-0.2, 0) is 4.74 Å². The second-order valence-corrected chi connectivity index (χ2v) is 6.33. The number of aliphatic hydroxyl groups excluding tert-OH is 1.